The molecule has 2 N–H and O–H groups in total. The monoisotopic (exact) mass is 278 g/mol. The minimum Gasteiger partial charge on any atom is -0.369 e. The molecule has 0 heterocycles. The Hall–Kier alpha value is -1.09. The summed E-state index contributed by atoms with van der Waals surface area (Å²) in [5, 5.41) is 0. The van der Waals surface area contributed by atoms with Crippen LogP contribution >= 0.6 is 0 Å². The Labute approximate surface area is 122 Å². The van der Waals surface area contributed by atoms with E-state index in [9.17, 15) is 4.39 Å². The summed E-state index contributed by atoms with van der Waals surface area (Å²) >= 11 is 0. The van der Waals surface area contributed by atoms with E-state index in [0.717, 1.165) is 24.3 Å². The number of benzene rings is 1. The number of para-hydroxylation sites is 1. The van der Waals surface area contributed by atoms with Gasteiger partial charge in [-0.2, -0.15) is 0 Å². The Balaban J connectivity index is 2.19. The van der Waals surface area contributed by atoms with Gasteiger partial charge in [-0.1, -0.05) is 25.5 Å². The van der Waals surface area contributed by atoms with Gasteiger partial charge in [0.2, 0.25) is 0 Å². The van der Waals surface area contributed by atoms with Crippen LogP contribution in [0.2, 0.25) is 0 Å². The maximum Gasteiger partial charge on any atom is 0.146 e. The van der Waals surface area contributed by atoms with E-state index in [1.165, 1.54) is 25.3 Å². The van der Waals surface area contributed by atoms with Crippen molar-refractivity contribution in [2.45, 2.75) is 58.0 Å². The van der Waals surface area contributed by atoms with Crippen LogP contribution in [0.15, 0.2) is 18.2 Å². The molecular weight excluding hydrogens is 251 g/mol. The first-order chi connectivity index (χ1) is 9.54. The molecule has 1 fully saturated rings. The second-order valence-electron chi connectivity index (χ2n) is 6.16. The van der Waals surface area contributed by atoms with E-state index in [2.05, 4.69) is 11.8 Å². The van der Waals surface area contributed by atoms with E-state index < -0.39 is 0 Å². The van der Waals surface area contributed by atoms with Crippen molar-refractivity contribution in [3.8, 4) is 0 Å². The van der Waals surface area contributed by atoms with Crippen LogP contribution in [0.25, 0.3) is 0 Å². The van der Waals surface area contributed by atoms with Crippen molar-refractivity contribution in [2.75, 3.05) is 11.9 Å². The Morgan fingerprint density at radius 2 is 1.95 bits per heavy atom. The van der Waals surface area contributed by atoms with Crippen molar-refractivity contribution in [3.05, 3.63) is 29.6 Å². The number of nitrogens with zero attached hydrogens (tertiary/aromatic N) is 1. The highest BCUT2D eigenvalue weighted by molar-refractivity contribution is 5.56. The van der Waals surface area contributed by atoms with Gasteiger partial charge in [0.1, 0.15) is 5.82 Å². The minimum atomic E-state index is -0.153. The van der Waals surface area contributed by atoms with Crippen LogP contribution in [-0.4, -0.2) is 13.1 Å². The lowest BCUT2D eigenvalue weighted by Gasteiger charge is -2.37. The molecule has 20 heavy (non-hydrogen) atoms. The van der Waals surface area contributed by atoms with E-state index in [-0.39, 0.29) is 11.9 Å². The number of rotatable bonds is 4. The molecule has 1 aliphatic rings. The van der Waals surface area contributed by atoms with E-state index in [0.29, 0.717) is 11.7 Å². The number of halogens is 1. The SMILES string of the molecule is CCC1CCC(N(C)c2c(F)cccc2[C@@H](C)N)CC1. The smallest absolute Gasteiger partial charge is 0.146 e. The van der Waals surface area contributed by atoms with Gasteiger partial charge in [-0.3, -0.25) is 0 Å². The lowest BCUT2D eigenvalue weighted by molar-refractivity contribution is 0.312. The molecule has 3 heteroatoms. The van der Waals surface area contributed by atoms with Crippen LogP contribution in [0.4, 0.5) is 10.1 Å². The first kappa shape index (κ1) is 15.3. The average molecular weight is 278 g/mol. The molecule has 0 aromatic heterocycles. The highest BCUT2D eigenvalue weighted by Crippen LogP contribution is 2.35. The zero-order valence-electron chi connectivity index (χ0n) is 12.9. The molecule has 0 unspecified atom stereocenters. The molecule has 0 saturated heterocycles. The molecule has 0 bridgehead atoms. The Morgan fingerprint density at radius 1 is 1.30 bits per heavy atom. The highest BCUT2D eigenvalue weighted by Gasteiger charge is 2.26. The van der Waals surface area contributed by atoms with E-state index in [1.807, 2.05) is 20.0 Å². The normalized spacial score (nSPS) is 24.4. The molecular formula is C17H27FN2. The summed E-state index contributed by atoms with van der Waals surface area (Å²) in [5.41, 5.74) is 7.61. The molecule has 0 amide bonds. The van der Waals surface area contributed by atoms with Crippen LogP contribution in [0.1, 0.15) is 57.6 Å². The average Bonchev–Trinajstić information content (AvgIpc) is 2.46. The largest absolute Gasteiger partial charge is 0.369 e. The summed E-state index contributed by atoms with van der Waals surface area (Å²) in [6.45, 7) is 4.18. The molecule has 1 atom stereocenters. The summed E-state index contributed by atoms with van der Waals surface area (Å²) in [7, 11) is 2.02. The molecule has 1 aromatic rings. The van der Waals surface area contributed by atoms with Crippen LogP contribution in [0.3, 0.4) is 0 Å². The van der Waals surface area contributed by atoms with E-state index >= 15 is 0 Å². The van der Waals surface area contributed by atoms with Crippen LogP contribution in [0.5, 0.6) is 0 Å². The van der Waals surface area contributed by atoms with Crippen molar-refractivity contribution < 1.29 is 4.39 Å². The maximum absolute atomic E-state index is 14.3. The van der Waals surface area contributed by atoms with Crippen molar-refractivity contribution >= 4 is 5.69 Å². The summed E-state index contributed by atoms with van der Waals surface area (Å²) in [5.74, 6) is 0.702. The number of hydrogen-bond acceptors (Lipinski definition) is 2. The molecule has 0 spiro atoms. The number of nitrogens with two attached hydrogens (primary N) is 1. The molecule has 1 saturated carbocycles. The van der Waals surface area contributed by atoms with Crippen molar-refractivity contribution in [3.63, 3.8) is 0 Å². The molecule has 2 nitrogen and oxygen atoms in total. The summed E-state index contributed by atoms with van der Waals surface area (Å²) < 4.78 is 14.3. The van der Waals surface area contributed by atoms with Crippen LogP contribution < -0.4 is 10.6 Å². The van der Waals surface area contributed by atoms with Gasteiger partial charge >= 0.3 is 0 Å². The molecule has 0 aliphatic heterocycles. The predicted octanol–water partition coefficient (Wildman–Crippen LogP) is 4.25. The Morgan fingerprint density at radius 3 is 2.50 bits per heavy atom. The quantitative estimate of drug-likeness (QED) is 0.892. The third-order valence-electron chi connectivity index (χ3n) is 4.80. The summed E-state index contributed by atoms with van der Waals surface area (Å²) in [6, 6.07) is 5.52. The topological polar surface area (TPSA) is 29.3 Å². The number of anilines is 1. The van der Waals surface area contributed by atoms with E-state index in [1.54, 1.807) is 6.07 Å². The third kappa shape index (κ3) is 3.14. The second-order valence-corrected chi connectivity index (χ2v) is 6.16. The molecule has 1 aliphatic carbocycles. The Bertz CT molecular complexity index is 437. The summed E-state index contributed by atoms with van der Waals surface area (Å²) in [4.78, 5) is 2.12. The fraction of sp³-hybridized carbons (Fsp3) is 0.647. The van der Waals surface area contributed by atoms with Gasteiger partial charge in [0.15, 0.2) is 0 Å². The van der Waals surface area contributed by atoms with Crippen molar-refractivity contribution in [1.29, 1.82) is 0 Å². The van der Waals surface area contributed by atoms with E-state index in [4.69, 9.17) is 5.73 Å². The second kappa shape index (κ2) is 6.57. The standard InChI is InChI=1S/C17H27FN2/c1-4-13-8-10-14(11-9-13)20(3)17-15(12(2)19)6-5-7-16(17)18/h5-7,12-14H,4,8-11,19H2,1-3H3/t12-,13?,14?/m1/s1. The fourth-order valence-electron chi connectivity index (χ4n) is 3.39. The van der Waals surface area contributed by atoms with Gasteiger partial charge in [0.25, 0.3) is 0 Å². The zero-order valence-corrected chi connectivity index (χ0v) is 12.9. The van der Waals surface area contributed by atoms with Gasteiger partial charge in [-0.25, -0.2) is 4.39 Å². The highest BCUT2D eigenvalue weighted by atomic mass is 19.1. The van der Waals surface area contributed by atoms with Crippen molar-refractivity contribution in [2.24, 2.45) is 11.7 Å². The van der Waals surface area contributed by atoms with Gasteiger partial charge < -0.3 is 10.6 Å². The van der Waals surface area contributed by atoms with Crippen LogP contribution in [0, 0.1) is 11.7 Å². The minimum absolute atomic E-state index is 0.143. The third-order valence-corrected chi connectivity index (χ3v) is 4.80. The first-order valence-corrected chi connectivity index (χ1v) is 7.81. The van der Waals surface area contributed by atoms with Crippen LogP contribution in [-0.2, 0) is 0 Å². The lowest BCUT2D eigenvalue weighted by Crippen LogP contribution is -2.36. The lowest BCUT2D eigenvalue weighted by atomic mass is 9.83. The number of hydrogen-bond donors (Lipinski definition) is 1. The molecule has 0 radical (unpaired) electrons. The van der Waals surface area contributed by atoms with Gasteiger partial charge in [0, 0.05) is 19.1 Å². The maximum atomic E-state index is 14.3. The van der Waals surface area contributed by atoms with Crippen molar-refractivity contribution in [1.82, 2.24) is 0 Å². The predicted molar refractivity (Wildman–Crippen MR) is 83.4 cm³/mol. The molecule has 2 rings (SSSR count). The Kier molecular flexibility index (Phi) is 5.03. The summed E-state index contributed by atoms with van der Waals surface area (Å²) in [6.07, 6.45) is 6.09. The molecule has 112 valence electrons. The van der Waals surface area contributed by atoms with Gasteiger partial charge in [-0.15, -0.1) is 0 Å². The van der Waals surface area contributed by atoms with Gasteiger partial charge in [0.05, 0.1) is 5.69 Å². The van der Waals surface area contributed by atoms with Gasteiger partial charge in [-0.05, 0) is 50.2 Å². The zero-order chi connectivity index (χ0) is 14.7. The first-order valence-electron chi connectivity index (χ1n) is 7.81. The molecule has 1 aromatic carbocycles. The fourth-order valence-corrected chi connectivity index (χ4v) is 3.39.